The van der Waals surface area contributed by atoms with Crippen LogP contribution in [-0.4, -0.2) is 56.8 Å². The van der Waals surface area contributed by atoms with Gasteiger partial charge in [0.25, 0.3) is 10.2 Å². The van der Waals surface area contributed by atoms with E-state index in [1.807, 2.05) is 7.05 Å². The molecule has 1 heterocycles. The minimum Gasteiger partial charge on any atom is -0.319 e. The Hall–Kier alpha value is -0.170. The zero-order valence-corrected chi connectivity index (χ0v) is 14.4. The summed E-state index contributed by atoms with van der Waals surface area (Å²) >= 11 is 0. The Balaban J connectivity index is 1.94. The van der Waals surface area contributed by atoms with Crippen LogP contribution < -0.4 is 5.32 Å². The van der Waals surface area contributed by atoms with E-state index < -0.39 is 10.2 Å². The van der Waals surface area contributed by atoms with E-state index in [1.165, 1.54) is 12.8 Å². The summed E-state index contributed by atoms with van der Waals surface area (Å²) in [5.41, 5.74) is 0. The molecule has 0 spiro atoms. The molecule has 21 heavy (non-hydrogen) atoms. The van der Waals surface area contributed by atoms with Gasteiger partial charge in [0, 0.05) is 26.2 Å². The molecule has 2 aliphatic rings. The van der Waals surface area contributed by atoms with Gasteiger partial charge in [-0.1, -0.05) is 25.7 Å². The van der Waals surface area contributed by atoms with Crippen LogP contribution in [0.4, 0.5) is 0 Å². The molecule has 6 heteroatoms. The van der Waals surface area contributed by atoms with Crippen molar-refractivity contribution in [2.24, 2.45) is 5.92 Å². The van der Waals surface area contributed by atoms with Gasteiger partial charge in [0.15, 0.2) is 0 Å². The van der Waals surface area contributed by atoms with Gasteiger partial charge < -0.3 is 5.32 Å². The molecule has 5 nitrogen and oxygen atoms in total. The fourth-order valence-corrected chi connectivity index (χ4v) is 5.25. The zero-order chi connectivity index (χ0) is 15.3. The molecule has 0 bridgehead atoms. The summed E-state index contributed by atoms with van der Waals surface area (Å²) in [6.45, 7) is 2.34. The molecule has 0 aromatic heterocycles. The van der Waals surface area contributed by atoms with Gasteiger partial charge in [-0.25, -0.2) is 0 Å². The summed E-state index contributed by atoms with van der Waals surface area (Å²) in [6.07, 6.45) is 8.80. The maximum Gasteiger partial charge on any atom is 0.281 e. The SMILES string of the molecule is CNCC1CCN(S(=O)(=O)N(C)C2CCCCCC2)CC1. The maximum absolute atomic E-state index is 12.8. The lowest BCUT2D eigenvalue weighted by Crippen LogP contribution is -2.49. The molecular weight excluding hydrogens is 286 g/mol. The molecule has 1 saturated heterocycles. The Kier molecular flexibility index (Phi) is 6.47. The van der Waals surface area contributed by atoms with Gasteiger partial charge in [-0.3, -0.25) is 0 Å². The molecule has 0 aromatic rings. The molecule has 124 valence electrons. The second-order valence-electron chi connectivity index (χ2n) is 6.57. The standard InChI is InChI=1S/C15H31N3O2S/c1-16-13-14-9-11-18(12-10-14)21(19,20)17(2)15-7-5-3-4-6-8-15/h14-16H,3-13H2,1-2H3. The molecule has 0 amide bonds. The van der Waals surface area contributed by atoms with Crippen molar-refractivity contribution in [3.8, 4) is 0 Å². The van der Waals surface area contributed by atoms with Crippen LogP contribution in [0, 0.1) is 5.92 Å². The van der Waals surface area contributed by atoms with Crippen LogP contribution in [0.25, 0.3) is 0 Å². The van der Waals surface area contributed by atoms with E-state index in [-0.39, 0.29) is 6.04 Å². The summed E-state index contributed by atoms with van der Waals surface area (Å²) in [5.74, 6) is 0.615. The van der Waals surface area contributed by atoms with Crippen molar-refractivity contribution in [1.29, 1.82) is 0 Å². The molecule has 0 aromatic carbocycles. The predicted octanol–water partition coefficient (Wildman–Crippen LogP) is 1.82. The third kappa shape index (κ3) is 4.41. The predicted molar refractivity (Wildman–Crippen MR) is 86.4 cm³/mol. The van der Waals surface area contributed by atoms with E-state index in [2.05, 4.69) is 5.32 Å². The lowest BCUT2D eigenvalue weighted by Gasteiger charge is -2.36. The Bertz CT molecular complexity index is 397. The lowest BCUT2D eigenvalue weighted by molar-refractivity contribution is 0.241. The fourth-order valence-electron chi connectivity index (χ4n) is 3.62. The number of piperidine rings is 1. The maximum atomic E-state index is 12.8. The third-order valence-corrected chi connectivity index (χ3v) is 7.14. The van der Waals surface area contributed by atoms with E-state index >= 15 is 0 Å². The molecular formula is C15H31N3O2S. The van der Waals surface area contributed by atoms with Gasteiger partial charge in [0.2, 0.25) is 0 Å². The number of nitrogens with zero attached hydrogens (tertiary/aromatic N) is 2. The molecule has 1 aliphatic heterocycles. The van der Waals surface area contributed by atoms with E-state index in [1.54, 1.807) is 15.7 Å². The summed E-state index contributed by atoms with van der Waals surface area (Å²) in [4.78, 5) is 0. The number of hydrogen-bond donors (Lipinski definition) is 1. The van der Waals surface area contributed by atoms with Crippen molar-refractivity contribution < 1.29 is 8.42 Å². The smallest absolute Gasteiger partial charge is 0.281 e. The minimum absolute atomic E-state index is 0.201. The fraction of sp³-hybridized carbons (Fsp3) is 1.00. The van der Waals surface area contributed by atoms with Gasteiger partial charge in [-0.15, -0.1) is 0 Å². The zero-order valence-electron chi connectivity index (χ0n) is 13.6. The topological polar surface area (TPSA) is 52.7 Å². The highest BCUT2D eigenvalue weighted by Crippen LogP contribution is 2.26. The van der Waals surface area contributed by atoms with Crippen molar-refractivity contribution in [2.45, 2.75) is 57.4 Å². The van der Waals surface area contributed by atoms with Crippen molar-refractivity contribution in [3.63, 3.8) is 0 Å². The van der Waals surface area contributed by atoms with Crippen molar-refractivity contribution in [3.05, 3.63) is 0 Å². The molecule has 0 atom stereocenters. The van der Waals surface area contributed by atoms with Gasteiger partial charge >= 0.3 is 0 Å². The number of hydrogen-bond acceptors (Lipinski definition) is 3. The summed E-state index contributed by atoms with van der Waals surface area (Å²) in [6, 6.07) is 0.201. The lowest BCUT2D eigenvalue weighted by atomic mass is 9.98. The highest BCUT2D eigenvalue weighted by atomic mass is 32.2. The van der Waals surface area contributed by atoms with Gasteiger partial charge in [-0.05, 0) is 45.2 Å². The van der Waals surface area contributed by atoms with Crippen molar-refractivity contribution in [1.82, 2.24) is 13.9 Å². The van der Waals surface area contributed by atoms with E-state index in [9.17, 15) is 8.42 Å². The van der Waals surface area contributed by atoms with Gasteiger partial charge in [0.05, 0.1) is 0 Å². The molecule has 2 fully saturated rings. The first-order valence-electron chi connectivity index (χ1n) is 8.43. The molecule has 1 aliphatic carbocycles. The average Bonchev–Trinajstić information content (AvgIpc) is 2.76. The van der Waals surface area contributed by atoms with E-state index in [4.69, 9.17) is 0 Å². The van der Waals surface area contributed by atoms with Gasteiger partial charge in [0.1, 0.15) is 0 Å². The van der Waals surface area contributed by atoms with Crippen molar-refractivity contribution in [2.75, 3.05) is 33.7 Å². The van der Waals surface area contributed by atoms with Crippen LogP contribution in [0.15, 0.2) is 0 Å². The highest BCUT2D eigenvalue weighted by molar-refractivity contribution is 7.86. The molecule has 1 saturated carbocycles. The van der Waals surface area contributed by atoms with E-state index in [0.29, 0.717) is 19.0 Å². The van der Waals surface area contributed by atoms with Crippen molar-refractivity contribution >= 4 is 10.2 Å². The Morgan fingerprint density at radius 2 is 1.62 bits per heavy atom. The monoisotopic (exact) mass is 317 g/mol. The minimum atomic E-state index is -3.27. The first kappa shape index (κ1) is 17.2. The van der Waals surface area contributed by atoms with Crippen LogP contribution >= 0.6 is 0 Å². The van der Waals surface area contributed by atoms with Crippen LogP contribution in [0.1, 0.15) is 51.4 Å². The van der Waals surface area contributed by atoms with Gasteiger partial charge in [-0.2, -0.15) is 17.0 Å². The molecule has 0 radical (unpaired) electrons. The van der Waals surface area contributed by atoms with Crippen LogP contribution in [0.3, 0.4) is 0 Å². The van der Waals surface area contributed by atoms with Crippen LogP contribution in [0.2, 0.25) is 0 Å². The van der Waals surface area contributed by atoms with E-state index in [0.717, 1.165) is 45.1 Å². The third-order valence-electron chi connectivity index (χ3n) is 5.10. The first-order valence-corrected chi connectivity index (χ1v) is 9.83. The average molecular weight is 317 g/mol. The molecule has 2 rings (SSSR count). The molecule has 1 N–H and O–H groups in total. The molecule has 0 unspecified atom stereocenters. The second kappa shape index (κ2) is 7.90. The number of rotatable bonds is 5. The Morgan fingerprint density at radius 3 is 2.14 bits per heavy atom. The Labute approximate surface area is 130 Å². The summed E-state index contributed by atoms with van der Waals surface area (Å²) in [7, 11) is 0.474. The Morgan fingerprint density at radius 1 is 1.05 bits per heavy atom. The largest absolute Gasteiger partial charge is 0.319 e. The summed E-state index contributed by atoms with van der Waals surface area (Å²) in [5, 5.41) is 3.19. The quantitative estimate of drug-likeness (QED) is 0.787. The highest BCUT2D eigenvalue weighted by Gasteiger charge is 2.34. The normalized spacial score (nSPS) is 24.3. The van der Waals surface area contributed by atoms with Crippen LogP contribution in [-0.2, 0) is 10.2 Å². The number of nitrogens with one attached hydrogen (secondary N) is 1. The first-order chi connectivity index (χ1) is 10.1. The summed E-state index contributed by atoms with van der Waals surface area (Å²) < 4.78 is 29.0. The second-order valence-corrected chi connectivity index (χ2v) is 8.56. The van der Waals surface area contributed by atoms with Crippen LogP contribution in [0.5, 0.6) is 0 Å².